The summed E-state index contributed by atoms with van der Waals surface area (Å²) >= 11 is 0. The van der Waals surface area contributed by atoms with Crippen molar-refractivity contribution in [3.63, 3.8) is 0 Å². The molecule has 2 N–H and O–H groups in total. The Bertz CT molecular complexity index is 854. The van der Waals surface area contributed by atoms with Gasteiger partial charge in [-0.05, 0) is 24.6 Å². The van der Waals surface area contributed by atoms with Crippen molar-refractivity contribution in [2.75, 3.05) is 12.4 Å². The lowest BCUT2D eigenvalue weighted by molar-refractivity contribution is 0.219. The van der Waals surface area contributed by atoms with Crippen molar-refractivity contribution in [1.82, 2.24) is 30.2 Å². The third-order valence-corrected chi connectivity index (χ3v) is 3.51. The number of aromatic nitrogens is 5. The van der Waals surface area contributed by atoms with Gasteiger partial charge in [-0.15, -0.1) is 0 Å². The predicted molar refractivity (Wildman–Crippen MR) is 89.9 cm³/mol. The van der Waals surface area contributed by atoms with Crippen molar-refractivity contribution in [3.8, 4) is 0 Å². The fourth-order valence-electron chi connectivity index (χ4n) is 2.26. The molecule has 0 aliphatic rings. The van der Waals surface area contributed by atoms with E-state index in [1.165, 1.54) is 4.90 Å². The van der Waals surface area contributed by atoms with Crippen LogP contribution >= 0.6 is 0 Å². The third-order valence-electron chi connectivity index (χ3n) is 3.51. The monoisotopic (exact) mass is 341 g/mol. The number of hydrogen-bond acceptors (Lipinski definition) is 6. The average Bonchev–Trinajstić information content (AvgIpc) is 3.17. The highest BCUT2D eigenvalue weighted by Gasteiger charge is 2.13. The van der Waals surface area contributed by atoms with E-state index in [-0.39, 0.29) is 12.6 Å². The average molecular weight is 341 g/mol. The van der Waals surface area contributed by atoms with E-state index in [4.69, 9.17) is 4.52 Å². The van der Waals surface area contributed by atoms with Gasteiger partial charge in [-0.3, -0.25) is 5.10 Å². The number of hydrogen-bond donors (Lipinski definition) is 2. The minimum absolute atomic E-state index is 0.250. The molecule has 0 saturated carbocycles. The fourth-order valence-corrected chi connectivity index (χ4v) is 2.26. The molecule has 1 aromatic carbocycles. The quantitative estimate of drug-likeness (QED) is 0.734. The van der Waals surface area contributed by atoms with Gasteiger partial charge in [0.2, 0.25) is 5.89 Å². The molecular weight excluding hydrogens is 322 g/mol. The molecule has 2 heterocycles. The van der Waals surface area contributed by atoms with Crippen molar-refractivity contribution >= 4 is 11.7 Å². The normalized spacial score (nSPS) is 10.7. The van der Waals surface area contributed by atoms with Crippen LogP contribution in [0.5, 0.6) is 0 Å². The topological polar surface area (TPSA) is 113 Å². The van der Waals surface area contributed by atoms with Gasteiger partial charge in [-0.2, -0.15) is 10.1 Å². The highest BCUT2D eigenvalue weighted by molar-refractivity contribution is 5.89. The van der Waals surface area contributed by atoms with E-state index in [0.717, 1.165) is 17.2 Å². The van der Waals surface area contributed by atoms with Gasteiger partial charge in [0.15, 0.2) is 11.6 Å². The van der Waals surface area contributed by atoms with E-state index in [2.05, 4.69) is 30.6 Å². The third kappa shape index (κ3) is 4.40. The van der Waals surface area contributed by atoms with Crippen LogP contribution in [-0.4, -0.2) is 43.3 Å². The van der Waals surface area contributed by atoms with Gasteiger partial charge in [-0.1, -0.05) is 17.3 Å². The standard InChI is InChI=1S/C16H19N7O2/c1-10-17-14(21-20-10)8-12-4-6-13(7-5-12)19-16(24)23(3)9-15-18-11(2)25-22-15/h4-7H,8-9H2,1-3H3,(H,19,24)(H,17,20,21). The molecule has 2 amide bonds. The highest BCUT2D eigenvalue weighted by atomic mass is 16.5. The number of aromatic amines is 1. The van der Waals surface area contributed by atoms with E-state index < -0.39 is 0 Å². The van der Waals surface area contributed by atoms with Gasteiger partial charge in [0.25, 0.3) is 0 Å². The molecule has 3 rings (SSSR count). The lowest BCUT2D eigenvalue weighted by Crippen LogP contribution is -2.31. The number of urea groups is 1. The fraction of sp³-hybridized carbons (Fsp3) is 0.312. The Morgan fingerprint density at radius 3 is 2.56 bits per heavy atom. The molecule has 0 aliphatic heterocycles. The van der Waals surface area contributed by atoms with Crippen LogP contribution in [0.2, 0.25) is 0 Å². The number of aryl methyl sites for hydroxylation is 2. The lowest BCUT2D eigenvalue weighted by Gasteiger charge is -2.16. The van der Waals surface area contributed by atoms with Crippen LogP contribution in [-0.2, 0) is 13.0 Å². The van der Waals surface area contributed by atoms with Crippen LogP contribution in [0.3, 0.4) is 0 Å². The first-order valence-electron chi connectivity index (χ1n) is 7.78. The highest BCUT2D eigenvalue weighted by Crippen LogP contribution is 2.13. The Hall–Kier alpha value is -3.23. The molecule has 2 aromatic heterocycles. The van der Waals surface area contributed by atoms with Crippen molar-refractivity contribution in [2.45, 2.75) is 26.8 Å². The minimum Gasteiger partial charge on any atom is -0.340 e. The number of nitrogens with one attached hydrogen (secondary N) is 2. The molecule has 0 spiro atoms. The van der Waals surface area contributed by atoms with Crippen molar-refractivity contribution in [1.29, 1.82) is 0 Å². The molecule has 0 radical (unpaired) electrons. The predicted octanol–water partition coefficient (Wildman–Crippen LogP) is 2.06. The molecule has 3 aromatic rings. The number of carbonyl (C=O) groups excluding carboxylic acids is 1. The number of rotatable bonds is 5. The molecule has 130 valence electrons. The van der Waals surface area contributed by atoms with Gasteiger partial charge >= 0.3 is 6.03 Å². The Morgan fingerprint density at radius 1 is 1.20 bits per heavy atom. The summed E-state index contributed by atoms with van der Waals surface area (Å²) in [6, 6.07) is 7.31. The van der Waals surface area contributed by atoms with Crippen LogP contribution in [0.15, 0.2) is 28.8 Å². The van der Waals surface area contributed by atoms with Crippen LogP contribution < -0.4 is 5.32 Å². The van der Waals surface area contributed by atoms with E-state index in [1.54, 1.807) is 14.0 Å². The molecule has 9 nitrogen and oxygen atoms in total. The maximum atomic E-state index is 12.2. The number of carbonyl (C=O) groups is 1. The van der Waals surface area contributed by atoms with Gasteiger partial charge in [0.1, 0.15) is 5.82 Å². The molecule has 0 aliphatic carbocycles. The zero-order valence-corrected chi connectivity index (χ0v) is 14.3. The first kappa shape index (κ1) is 16.6. The van der Waals surface area contributed by atoms with Crippen LogP contribution in [0.1, 0.15) is 28.9 Å². The van der Waals surface area contributed by atoms with Crippen molar-refractivity contribution < 1.29 is 9.32 Å². The number of anilines is 1. The van der Waals surface area contributed by atoms with Crippen molar-refractivity contribution in [2.24, 2.45) is 0 Å². The maximum Gasteiger partial charge on any atom is 0.321 e. The maximum absolute atomic E-state index is 12.2. The summed E-state index contributed by atoms with van der Waals surface area (Å²) in [6.45, 7) is 3.84. The molecular formula is C16H19N7O2. The number of benzene rings is 1. The molecule has 0 saturated heterocycles. The van der Waals surface area contributed by atoms with Gasteiger partial charge in [0, 0.05) is 26.1 Å². The summed E-state index contributed by atoms with van der Waals surface area (Å²) in [5, 5.41) is 13.5. The Balaban J connectivity index is 1.55. The smallest absolute Gasteiger partial charge is 0.321 e. The van der Waals surface area contributed by atoms with Crippen LogP contribution in [0, 0.1) is 13.8 Å². The largest absolute Gasteiger partial charge is 0.340 e. The summed E-state index contributed by atoms with van der Waals surface area (Å²) < 4.78 is 4.89. The summed E-state index contributed by atoms with van der Waals surface area (Å²) in [5.74, 6) is 2.47. The number of nitrogens with zero attached hydrogens (tertiary/aromatic N) is 5. The molecule has 0 atom stereocenters. The van der Waals surface area contributed by atoms with Crippen LogP contribution in [0.4, 0.5) is 10.5 Å². The van der Waals surface area contributed by atoms with E-state index in [0.29, 0.717) is 23.8 Å². The Kier molecular flexibility index (Phi) is 4.73. The Labute approximate surface area is 144 Å². The number of amides is 2. The zero-order valence-electron chi connectivity index (χ0n) is 14.3. The van der Waals surface area contributed by atoms with E-state index >= 15 is 0 Å². The molecule has 0 fully saturated rings. The summed E-state index contributed by atoms with van der Waals surface area (Å²) in [4.78, 5) is 22.0. The lowest BCUT2D eigenvalue weighted by atomic mass is 10.1. The molecule has 0 bridgehead atoms. The summed E-state index contributed by atoms with van der Waals surface area (Å²) in [6.07, 6.45) is 0.635. The Morgan fingerprint density at radius 2 is 1.96 bits per heavy atom. The minimum atomic E-state index is -0.250. The first-order valence-corrected chi connectivity index (χ1v) is 7.78. The zero-order chi connectivity index (χ0) is 17.8. The van der Waals surface area contributed by atoms with E-state index in [9.17, 15) is 4.79 Å². The molecule has 25 heavy (non-hydrogen) atoms. The summed E-state index contributed by atoms with van der Waals surface area (Å²) in [5.41, 5.74) is 1.77. The van der Waals surface area contributed by atoms with Gasteiger partial charge in [-0.25, -0.2) is 9.78 Å². The van der Waals surface area contributed by atoms with Crippen molar-refractivity contribution in [3.05, 3.63) is 53.2 Å². The van der Waals surface area contributed by atoms with Gasteiger partial charge in [0.05, 0.1) is 6.54 Å². The SMILES string of the molecule is Cc1nc(Cc2ccc(NC(=O)N(C)Cc3noc(C)n3)cc2)n[nH]1. The second kappa shape index (κ2) is 7.12. The second-order valence-electron chi connectivity index (χ2n) is 5.73. The number of H-pyrrole nitrogens is 1. The molecule has 0 unspecified atom stereocenters. The summed E-state index contributed by atoms with van der Waals surface area (Å²) in [7, 11) is 1.67. The first-order chi connectivity index (χ1) is 12.0. The molecule has 9 heteroatoms. The van der Waals surface area contributed by atoms with Gasteiger partial charge < -0.3 is 14.7 Å². The van der Waals surface area contributed by atoms with E-state index in [1.807, 2.05) is 31.2 Å². The van der Waals surface area contributed by atoms with Crippen LogP contribution in [0.25, 0.3) is 0 Å². The second-order valence-corrected chi connectivity index (χ2v) is 5.73.